The fourth-order valence-corrected chi connectivity index (χ4v) is 4.41. The number of carbonyl (C=O) groups excluding carboxylic acids is 1. The van der Waals surface area contributed by atoms with Crippen molar-refractivity contribution in [1.29, 1.82) is 0 Å². The lowest BCUT2D eigenvalue weighted by atomic mass is 10.1. The maximum absolute atomic E-state index is 12.0. The van der Waals surface area contributed by atoms with Crippen LogP contribution in [0.2, 0.25) is 0 Å². The number of aromatic hydroxyl groups is 1. The molecule has 35 heavy (non-hydrogen) atoms. The zero-order valence-corrected chi connectivity index (χ0v) is 19.6. The van der Waals surface area contributed by atoms with Crippen LogP contribution in [0.25, 0.3) is 22.2 Å². The van der Waals surface area contributed by atoms with E-state index in [1.165, 1.54) is 0 Å². The first-order valence-corrected chi connectivity index (χ1v) is 11.6. The molecule has 9 heteroatoms. The van der Waals surface area contributed by atoms with Gasteiger partial charge in [0.25, 0.3) is 5.91 Å². The van der Waals surface area contributed by atoms with Crippen LogP contribution in [0, 0.1) is 0 Å². The zero-order valence-electron chi connectivity index (χ0n) is 19.6. The monoisotopic (exact) mass is 473 g/mol. The van der Waals surface area contributed by atoms with Crippen LogP contribution in [0.15, 0.2) is 48.7 Å². The minimum absolute atomic E-state index is 0.0919. The van der Waals surface area contributed by atoms with Crippen LogP contribution in [-0.4, -0.2) is 46.2 Å². The highest BCUT2D eigenvalue weighted by Crippen LogP contribution is 2.38. The molecule has 5 rings (SSSR count). The van der Waals surface area contributed by atoms with E-state index in [9.17, 15) is 9.90 Å². The molecule has 180 valence electrons. The van der Waals surface area contributed by atoms with Gasteiger partial charge in [-0.3, -0.25) is 4.79 Å². The maximum Gasteiger partial charge on any atom is 0.251 e. The van der Waals surface area contributed by atoms with Crippen molar-refractivity contribution in [3.8, 4) is 28.5 Å². The van der Waals surface area contributed by atoms with Gasteiger partial charge in [0.1, 0.15) is 23.3 Å². The quantitative estimate of drug-likeness (QED) is 0.305. The van der Waals surface area contributed by atoms with E-state index in [1.54, 1.807) is 50.6 Å². The number of phenolic OH excluding ortho intramolecular Hbond substituents is 1. The van der Waals surface area contributed by atoms with Crippen LogP contribution >= 0.6 is 0 Å². The third kappa shape index (κ3) is 4.57. The number of nitrogens with one attached hydrogen (secondary N) is 3. The second-order valence-electron chi connectivity index (χ2n) is 8.47. The third-order valence-electron chi connectivity index (χ3n) is 6.17. The van der Waals surface area contributed by atoms with Gasteiger partial charge < -0.3 is 30.2 Å². The van der Waals surface area contributed by atoms with E-state index in [-0.39, 0.29) is 17.8 Å². The largest absolute Gasteiger partial charge is 0.508 e. The summed E-state index contributed by atoms with van der Waals surface area (Å²) in [5.41, 5.74) is 3.39. The molecule has 4 N–H and O–H groups in total. The second kappa shape index (κ2) is 9.54. The molecule has 9 nitrogen and oxygen atoms in total. The Bertz CT molecular complexity index is 1380. The van der Waals surface area contributed by atoms with Crippen LogP contribution < -0.4 is 20.1 Å². The van der Waals surface area contributed by atoms with Gasteiger partial charge in [0.2, 0.25) is 11.8 Å². The number of aromatic amines is 1. The van der Waals surface area contributed by atoms with Gasteiger partial charge >= 0.3 is 0 Å². The summed E-state index contributed by atoms with van der Waals surface area (Å²) in [5.74, 6) is 1.28. The van der Waals surface area contributed by atoms with E-state index in [2.05, 4.69) is 20.6 Å². The SMILES string of the molecule is CNC(=O)c1ccc(Nc2nc(OC3CCCC3)c3c(-c4cccc(O)c4)c[nH]c3n2)c(OC)c1. The number of aromatic nitrogens is 3. The molecular weight excluding hydrogens is 446 g/mol. The molecule has 1 amide bonds. The third-order valence-corrected chi connectivity index (χ3v) is 6.17. The first-order valence-electron chi connectivity index (χ1n) is 11.6. The minimum atomic E-state index is -0.203. The number of carbonyl (C=O) groups is 1. The van der Waals surface area contributed by atoms with Crippen molar-refractivity contribution >= 4 is 28.6 Å². The number of amides is 1. The Morgan fingerprint density at radius 1 is 1.14 bits per heavy atom. The van der Waals surface area contributed by atoms with Crippen LogP contribution in [0.1, 0.15) is 36.0 Å². The van der Waals surface area contributed by atoms with Crippen molar-refractivity contribution in [2.24, 2.45) is 0 Å². The Morgan fingerprint density at radius 3 is 2.71 bits per heavy atom. The van der Waals surface area contributed by atoms with Crippen LogP contribution in [-0.2, 0) is 0 Å². The van der Waals surface area contributed by atoms with Crippen LogP contribution in [0.4, 0.5) is 11.6 Å². The number of rotatable bonds is 7. The smallest absolute Gasteiger partial charge is 0.251 e. The molecular formula is C26H27N5O4. The Labute approximate surface area is 202 Å². The number of H-pyrrole nitrogens is 1. The van der Waals surface area contributed by atoms with Crippen molar-refractivity contribution in [1.82, 2.24) is 20.3 Å². The van der Waals surface area contributed by atoms with Gasteiger partial charge in [-0.1, -0.05) is 12.1 Å². The van der Waals surface area contributed by atoms with E-state index >= 15 is 0 Å². The molecule has 2 aromatic heterocycles. The van der Waals surface area contributed by atoms with E-state index in [0.717, 1.165) is 42.2 Å². The van der Waals surface area contributed by atoms with Gasteiger partial charge in [0.15, 0.2) is 0 Å². The Hall–Kier alpha value is -4.27. The van der Waals surface area contributed by atoms with Gasteiger partial charge in [-0.05, 0) is 61.6 Å². The van der Waals surface area contributed by atoms with Gasteiger partial charge in [-0.25, -0.2) is 0 Å². The molecule has 0 bridgehead atoms. The lowest BCUT2D eigenvalue weighted by Gasteiger charge is -2.16. The second-order valence-corrected chi connectivity index (χ2v) is 8.47. The number of methoxy groups -OCH3 is 1. The minimum Gasteiger partial charge on any atom is -0.508 e. The van der Waals surface area contributed by atoms with E-state index in [1.807, 2.05) is 12.3 Å². The number of hydrogen-bond acceptors (Lipinski definition) is 7. The first kappa shape index (κ1) is 22.5. The van der Waals surface area contributed by atoms with Gasteiger partial charge in [0, 0.05) is 24.4 Å². The fourth-order valence-electron chi connectivity index (χ4n) is 4.41. The van der Waals surface area contributed by atoms with Crippen molar-refractivity contribution in [3.05, 3.63) is 54.2 Å². The summed E-state index contributed by atoms with van der Waals surface area (Å²) in [5, 5.41) is 16.6. The molecule has 1 fully saturated rings. The summed E-state index contributed by atoms with van der Waals surface area (Å²) in [7, 11) is 3.12. The summed E-state index contributed by atoms with van der Waals surface area (Å²) in [6.45, 7) is 0. The Kier molecular flexibility index (Phi) is 6.13. The number of hydrogen-bond donors (Lipinski definition) is 4. The molecule has 0 aliphatic heterocycles. The van der Waals surface area contributed by atoms with Crippen LogP contribution in [0.3, 0.4) is 0 Å². The van der Waals surface area contributed by atoms with Crippen molar-refractivity contribution < 1.29 is 19.4 Å². The van der Waals surface area contributed by atoms with Crippen molar-refractivity contribution in [2.75, 3.05) is 19.5 Å². The standard InChI is InChI=1S/C26H27N5O4/c1-27-24(33)16-10-11-20(21(13-16)34-2)29-26-30-23-22(25(31-26)35-18-8-3-4-9-18)19(14-28-23)15-6-5-7-17(32)12-15/h5-7,10-14,18,32H,3-4,8-9H2,1-2H3,(H,27,33)(H2,28,29,30,31). The molecule has 1 aliphatic carbocycles. The highest BCUT2D eigenvalue weighted by atomic mass is 16.5. The Balaban J connectivity index is 1.56. The number of benzene rings is 2. The molecule has 1 saturated carbocycles. The van der Waals surface area contributed by atoms with Crippen molar-refractivity contribution in [3.63, 3.8) is 0 Å². The predicted molar refractivity (Wildman–Crippen MR) is 134 cm³/mol. The van der Waals surface area contributed by atoms with Gasteiger partial charge in [-0.15, -0.1) is 0 Å². The van der Waals surface area contributed by atoms with E-state index in [4.69, 9.17) is 14.5 Å². The molecule has 1 aliphatic rings. The number of ether oxygens (including phenoxy) is 2. The molecule has 2 aromatic carbocycles. The summed E-state index contributed by atoms with van der Waals surface area (Å²) in [6, 6.07) is 12.2. The lowest BCUT2D eigenvalue weighted by molar-refractivity contribution is 0.0962. The van der Waals surface area contributed by atoms with E-state index < -0.39 is 0 Å². The average Bonchev–Trinajstić information content (AvgIpc) is 3.54. The average molecular weight is 474 g/mol. The highest BCUT2D eigenvalue weighted by Gasteiger charge is 2.23. The first-order chi connectivity index (χ1) is 17.1. The summed E-state index contributed by atoms with van der Waals surface area (Å²) < 4.78 is 11.9. The van der Waals surface area contributed by atoms with Gasteiger partial charge in [-0.2, -0.15) is 9.97 Å². The number of phenols is 1. The van der Waals surface area contributed by atoms with Crippen molar-refractivity contribution in [2.45, 2.75) is 31.8 Å². The Morgan fingerprint density at radius 2 is 1.97 bits per heavy atom. The summed E-state index contributed by atoms with van der Waals surface area (Å²) >= 11 is 0. The number of anilines is 2. The molecule has 2 heterocycles. The predicted octanol–water partition coefficient (Wildman–Crippen LogP) is 4.76. The van der Waals surface area contributed by atoms with Gasteiger partial charge in [0.05, 0.1) is 18.2 Å². The summed E-state index contributed by atoms with van der Waals surface area (Å²) in [6.07, 6.45) is 6.16. The molecule has 0 unspecified atom stereocenters. The van der Waals surface area contributed by atoms with E-state index in [0.29, 0.717) is 34.5 Å². The number of fused-ring (bicyclic) bond motifs is 1. The number of nitrogens with zero attached hydrogens (tertiary/aromatic N) is 2. The molecule has 0 radical (unpaired) electrons. The topological polar surface area (TPSA) is 121 Å². The normalized spacial score (nSPS) is 13.7. The molecule has 0 spiro atoms. The molecule has 0 saturated heterocycles. The lowest BCUT2D eigenvalue weighted by Crippen LogP contribution is -2.17. The molecule has 4 aromatic rings. The molecule has 0 atom stereocenters. The highest BCUT2D eigenvalue weighted by molar-refractivity contribution is 5.98. The zero-order chi connectivity index (χ0) is 24.4. The van der Waals surface area contributed by atoms with Crippen LogP contribution in [0.5, 0.6) is 17.4 Å². The summed E-state index contributed by atoms with van der Waals surface area (Å²) in [4.78, 5) is 24.6. The maximum atomic E-state index is 12.0. The fraction of sp³-hybridized carbons (Fsp3) is 0.269.